The molecule has 1 saturated carbocycles. The van der Waals surface area contributed by atoms with Gasteiger partial charge in [-0.1, -0.05) is 18.6 Å². The molecule has 0 aromatic carbocycles. The zero-order valence-electron chi connectivity index (χ0n) is 11.1. The van der Waals surface area contributed by atoms with Crippen molar-refractivity contribution < 1.29 is 14.7 Å². The number of carbonyl (C=O) groups is 2. The highest BCUT2D eigenvalue weighted by molar-refractivity contribution is 5.85. The van der Waals surface area contributed by atoms with Crippen molar-refractivity contribution in [2.24, 2.45) is 17.8 Å². The third-order valence-corrected chi connectivity index (χ3v) is 4.18. The van der Waals surface area contributed by atoms with Crippen LogP contribution in [0.25, 0.3) is 0 Å². The number of nitrogens with zero attached hydrogens (tertiary/aromatic N) is 1. The number of rotatable bonds is 2. The molecule has 0 saturated heterocycles. The molecule has 1 N–H and O–H groups in total. The minimum Gasteiger partial charge on any atom is -0.481 e. The van der Waals surface area contributed by atoms with Gasteiger partial charge in [0.05, 0.1) is 11.8 Å². The van der Waals surface area contributed by atoms with Crippen LogP contribution in [0.5, 0.6) is 0 Å². The van der Waals surface area contributed by atoms with Crippen LogP contribution >= 0.6 is 0 Å². The standard InChI is InChI=1S/C14H21NO3/c1-9-3-5-15(6-4-9)13(16)11-7-10(2)8-12(11)14(17)18/h3,10-12H,4-8H2,1-2H3,(H,17,18)/t10?,11-,12+/m0/s1. The number of amides is 1. The minimum atomic E-state index is -0.818. The third kappa shape index (κ3) is 2.57. The van der Waals surface area contributed by atoms with E-state index in [1.807, 2.05) is 11.8 Å². The Hall–Kier alpha value is -1.32. The van der Waals surface area contributed by atoms with Crippen molar-refractivity contribution in [3.63, 3.8) is 0 Å². The first-order chi connectivity index (χ1) is 8.49. The van der Waals surface area contributed by atoms with Crippen LogP contribution < -0.4 is 0 Å². The van der Waals surface area contributed by atoms with Gasteiger partial charge in [-0.2, -0.15) is 0 Å². The molecule has 1 heterocycles. The molecule has 4 nitrogen and oxygen atoms in total. The second-order valence-corrected chi connectivity index (χ2v) is 5.71. The summed E-state index contributed by atoms with van der Waals surface area (Å²) in [6.45, 7) is 5.48. The molecule has 0 aromatic rings. The van der Waals surface area contributed by atoms with E-state index in [-0.39, 0.29) is 11.8 Å². The van der Waals surface area contributed by atoms with Gasteiger partial charge in [-0.05, 0) is 32.1 Å². The van der Waals surface area contributed by atoms with E-state index in [4.69, 9.17) is 0 Å². The van der Waals surface area contributed by atoms with Gasteiger partial charge in [0.1, 0.15) is 0 Å². The summed E-state index contributed by atoms with van der Waals surface area (Å²) in [5, 5.41) is 9.21. The number of aliphatic carboxylic acids is 1. The predicted molar refractivity (Wildman–Crippen MR) is 68.0 cm³/mol. The predicted octanol–water partition coefficient (Wildman–Crippen LogP) is 1.91. The van der Waals surface area contributed by atoms with E-state index in [0.29, 0.717) is 18.9 Å². The van der Waals surface area contributed by atoms with Gasteiger partial charge in [0, 0.05) is 13.1 Å². The maximum Gasteiger partial charge on any atom is 0.307 e. The van der Waals surface area contributed by atoms with Crippen molar-refractivity contribution in [1.82, 2.24) is 4.90 Å². The van der Waals surface area contributed by atoms with Gasteiger partial charge < -0.3 is 10.0 Å². The highest BCUT2D eigenvalue weighted by atomic mass is 16.4. The third-order valence-electron chi connectivity index (χ3n) is 4.18. The summed E-state index contributed by atoms with van der Waals surface area (Å²) in [5.74, 6) is -1.25. The SMILES string of the molecule is CC1=CCN(C(=O)[C@H]2CC(C)C[C@H]2C(=O)O)CC1. The average Bonchev–Trinajstić information content (AvgIpc) is 2.71. The fourth-order valence-corrected chi connectivity index (χ4v) is 3.04. The van der Waals surface area contributed by atoms with Crippen molar-refractivity contribution in [3.05, 3.63) is 11.6 Å². The fourth-order valence-electron chi connectivity index (χ4n) is 3.04. The van der Waals surface area contributed by atoms with Crippen LogP contribution in [0.4, 0.5) is 0 Å². The quantitative estimate of drug-likeness (QED) is 0.763. The van der Waals surface area contributed by atoms with E-state index in [9.17, 15) is 14.7 Å². The number of hydrogen-bond donors (Lipinski definition) is 1. The average molecular weight is 251 g/mol. The second-order valence-electron chi connectivity index (χ2n) is 5.71. The maximum atomic E-state index is 12.4. The van der Waals surface area contributed by atoms with Gasteiger partial charge in [0.15, 0.2) is 0 Å². The normalized spacial score (nSPS) is 32.2. The fraction of sp³-hybridized carbons (Fsp3) is 0.714. The van der Waals surface area contributed by atoms with E-state index in [1.54, 1.807) is 0 Å². The number of hydrogen-bond acceptors (Lipinski definition) is 2. The molecule has 4 heteroatoms. The summed E-state index contributed by atoms with van der Waals surface area (Å²) in [6.07, 6.45) is 4.32. The van der Waals surface area contributed by atoms with Crippen molar-refractivity contribution in [2.75, 3.05) is 13.1 Å². The van der Waals surface area contributed by atoms with E-state index < -0.39 is 11.9 Å². The minimum absolute atomic E-state index is 0.0375. The van der Waals surface area contributed by atoms with E-state index in [2.05, 4.69) is 13.0 Å². The molecule has 1 fully saturated rings. The largest absolute Gasteiger partial charge is 0.481 e. The van der Waals surface area contributed by atoms with Crippen LogP contribution in [0.2, 0.25) is 0 Å². The molecule has 1 aliphatic heterocycles. The highest BCUT2D eigenvalue weighted by Gasteiger charge is 2.42. The van der Waals surface area contributed by atoms with Crippen LogP contribution in [0, 0.1) is 17.8 Å². The zero-order chi connectivity index (χ0) is 13.3. The summed E-state index contributed by atoms with van der Waals surface area (Å²) < 4.78 is 0. The molecule has 0 spiro atoms. The van der Waals surface area contributed by atoms with Crippen molar-refractivity contribution in [1.29, 1.82) is 0 Å². The molecule has 0 bridgehead atoms. The van der Waals surface area contributed by atoms with Gasteiger partial charge in [0.25, 0.3) is 0 Å². The van der Waals surface area contributed by atoms with Crippen LogP contribution in [0.1, 0.15) is 33.1 Å². The van der Waals surface area contributed by atoms with Crippen LogP contribution in [0.3, 0.4) is 0 Å². The Morgan fingerprint density at radius 3 is 2.56 bits per heavy atom. The van der Waals surface area contributed by atoms with Gasteiger partial charge in [-0.25, -0.2) is 0 Å². The Bertz CT molecular complexity index is 389. The van der Waals surface area contributed by atoms with Gasteiger partial charge in [-0.15, -0.1) is 0 Å². The molecule has 1 aliphatic carbocycles. The lowest BCUT2D eigenvalue weighted by atomic mass is 9.94. The van der Waals surface area contributed by atoms with Crippen LogP contribution in [-0.2, 0) is 9.59 Å². The highest BCUT2D eigenvalue weighted by Crippen LogP contribution is 2.37. The van der Waals surface area contributed by atoms with Crippen molar-refractivity contribution in [2.45, 2.75) is 33.1 Å². The summed E-state index contributed by atoms with van der Waals surface area (Å²) >= 11 is 0. The molecular weight excluding hydrogens is 230 g/mol. The number of carboxylic acids is 1. The molecule has 0 radical (unpaired) electrons. The maximum absolute atomic E-state index is 12.4. The lowest BCUT2D eigenvalue weighted by Crippen LogP contribution is -2.41. The Kier molecular flexibility index (Phi) is 3.73. The van der Waals surface area contributed by atoms with Gasteiger partial charge in [0.2, 0.25) is 5.91 Å². The van der Waals surface area contributed by atoms with Gasteiger partial charge in [-0.3, -0.25) is 9.59 Å². The first-order valence-electron chi connectivity index (χ1n) is 6.66. The van der Waals surface area contributed by atoms with E-state index >= 15 is 0 Å². The first kappa shape index (κ1) is 13.1. The smallest absolute Gasteiger partial charge is 0.307 e. The lowest BCUT2D eigenvalue weighted by molar-refractivity contribution is -0.149. The molecule has 0 aromatic heterocycles. The number of carboxylic acid groups (broad SMARTS) is 1. The van der Waals surface area contributed by atoms with Crippen LogP contribution in [0.15, 0.2) is 11.6 Å². The molecule has 2 rings (SSSR count). The topological polar surface area (TPSA) is 57.6 Å². The monoisotopic (exact) mass is 251 g/mol. The van der Waals surface area contributed by atoms with Crippen molar-refractivity contribution >= 4 is 11.9 Å². The summed E-state index contributed by atoms with van der Waals surface area (Å²) in [4.78, 5) is 25.4. The van der Waals surface area contributed by atoms with Crippen LogP contribution in [-0.4, -0.2) is 35.0 Å². The first-order valence-corrected chi connectivity index (χ1v) is 6.66. The molecule has 18 heavy (non-hydrogen) atoms. The zero-order valence-corrected chi connectivity index (χ0v) is 11.1. The van der Waals surface area contributed by atoms with Crippen molar-refractivity contribution in [3.8, 4) is 0 Å². The van der Waals surface area contributed by atoms with E-state index in [1.165, 1.54) is 5.57 Å². The number of carbonyl (C=O) groups excluding carboxylic acids is 1. The second kappa shape index (κ2) is 5.12. The van der Waals surface area contributed by atoms with Gasteiger partial charge >= 0.3 is 5.97 Å². The molecule has 1 unspecified atom stereocenters. The molecule has 3 atom stereocenters. The Labute approximate surface area is 108 Å². The Morgan fingerprint density at radius 2 is 2.00 bits per heavy atom. The molecule has 100 valence electrons. The lowest BCUT2D eigenvalue weighted by Gasteiger charge is -2.29. The molecule has 1 amide bonds. The summed E-state index contributed by atoms with van der Waals surface area (Å²) in [7, 11) is 0. The summed E-state index contributed by atoms with van der Waals surface area (Å²) in [6, 6.07) is 0. The Morgan fingerprint density at radius 1 is 1.33 bits per heavy atom. The molecular formula is C14H21NO3. The Balaban J connectivity index is 2.06. The molecule has 2 aliphatic rings. The summed E-state index contributed by atoms with van der Waals surface area (Å²) in [5.41, 5.74) is 1.31. The van der Waals surface area contributed by atoms with E-state index in [0.717, 1.165) is 19.4 Å².